The van der Waals surface area contributed by atoms with E-state index >= 15 is 0 Å². The second-order valence-corrected chi connectivity index (χ2v) is 2.26. The van der Waals surface area contributed by atoms with Crippen molar-refractivity contribution in [2.45, 2.75) is 32.6 Å². The van der Waals surface area contributed by atoms with Crippen LogP contribution in [0.4, 0.5) is 0 Å². The zero-order valence-electron chi connectivity index (χ0n) is 7.59. The standard InChI is InChI=1S/C6H12O2.C2H6O/c1-2-3-4-5-6(7)8;1-3-2/h2-5H2,1H3,(H,7,8);1-2H3. The zero-order valence-corrected chi connectivity index (χ0v) is 7.59. The largest absolute Gasteiger partial charge is 0.481 e. The summed E-state index contributed by atoms with van der Waals surface area (Å²) in [6.45, 7) is 2.06. The summed E-state index contributed by atoms with van der Waals surface area (Å²) in [7, 11) is 3.25. The molecule has 0 saturated heterocycles. The lowest BCUT2D eigenvalue weighted by Gasteiger charge is -1.89. The Morgan fingerprint density at radius 1 is 1.36 bits per heavy atom. The van der Waals surface area contributed by atoms with Gasteiger partial charge in [-0.15, -0.1) is 0 Å². The van der Waals surface area contributed by atoms with E-state index in [4.69, 9.17) is 5.11 Å². The topological polar surface area (TPSA) is 46.5 Å². The summed E-state index contributed by atoms with van der Waals surface area (Å²) >= 11 is 0. The molecule has 0 fully saturated rings. The van der Waals surface area contributed by atoms with Crippen LogP contribution in [0.25, 0.3) is 0 Å². The first-order valence-electron chi connectivity index (χ1n) is 3.80. The van der Waals surface area contributed by atoms with E-state index in [0.29, 0.717) is 6.42 Å². The first-order chi connectivity index (χ1) is 5.18. The third kappa shape index (κ3) is 26.5. The van der Waals surface area contributed by atoms with Gasteiger partial charge < -0.3 is 9.84 Å². The van der Waals surface area contributed by atoms with Crippen LogP contribution >= 0.6 is 0 Å². The summed E-state index contributed by atoms with van der Waals surface area (Å²) in [5.41, 5.74) is 0. The predicted molar refractivity (Wildman–Crippen MR) is 44.7 cm³/mol. The molecule has 0 aromatic carbocycles. The van der Waals surface area contributed by atoms with Gasteiger partial charge in [0, 0.05) is 20.6 Å². The molecule has 0 spiro atoms. The zero-order chi connectivity index (χ0) is 9.11. The molecule has 0 radical (unpaired) electrons. The Morgan fingerprint density at radius 2 is 1.82 bits per heavy atom. The molecule has 1 N–H and O–H groups in total. The molecule has 0 unspecified atom stereocenters. The van der Waals surface area contributed by atoms with Gasteiger partial charge in [0.05, 0.1) is 0 Å². The fraction of sp³-hybridized carbons (Fsp3) is 0.875. The average Bonchev–Trinajstić information content (AvgIpc) is 1.89. The van der Waals surface area contributed by atoms with Crippen LogP contribution in [0.2, 0.25) is 0 Å². The number of ether oxygens (including phenoxy) is 1. The maximum atomic E-state index is 9.87. The summed E-state index contributed by atoms with van der Waals surface area (Å²) in [6.07, 6.45) is 3.28. The molecule has 3 heteroatoms. The minimum atomic E-state index is -0.682. The molecule has 0 aromatic heterocycles. The molecule has 0 heterocycles. The molecule has 0 saturated carbocycles. The number of methoxy groups -OCH3 is 1. The van der Waals surface area contributed by atoms with Crippen LogP contribution in [0, 0.1) is 0 Å². The summed E-state index contributed by atoms with van der Waals surface area (Å²) < 4.78 is 4.25. The molecule has 68 valence electrons. The van der Waals surface area contributed by atoms with Gasteiger partial charge in [-0.25, -0.2) is 0 Å². The lowest BCUT2D eigenvalue weighted by molar-refractivity contribution is -0.137. The molecule has 0 rings (SSSR count). The number of unbranched alkanes of at least 4 members (excludes halogenated alkanes) is 2. The second kappa shape index (κ2) is 12.1. The van der Waals surface area contributed by atoms with Crippen LogP contribution in [0.5, 0.6) is 0 Å². The highest BCUT2D eigenvalue weighted by molar-refractivity contribution is 5.66. The van der Waals surface area contributed by atoms with Crippen molar-refractivity contribution in [3.63, 3.8) is 0 Å². The third-order valence-corrected chi connectivity index (χ3v) is 0.994. The monoisotopic (exact) mass is 162 g/mol. The van der Waals surface area contributed by atoms with E-state index in [1.54, 1.807) is 14.2 Å². The van der Waals surface area contributed by atoms with Crippen LogP contribution in [0.1, 0.15) is 32.6 Å². The van der Waals surface area contributed by atoms with Crippen LogP contribution < -0.4 is 0 Å². The van der Waals surface area contributed by atoms with Crippen molar-refractivity contribution >= 4 is 5.97 Å². The lowest BCUT2D eigenvalue weighted by Crippen LogP contribution is -1.92. The van der Waals surface area contributed by atoms with E-state index in [0.717, 1.165) is 19.3 Å². The Kier molecular flexibility index (Phi) is 14.4. The van der Waals surface area contributed by atoms with E-state index in [2.05, 4.69) is 11.7 Å². The van der Waals surface area contributed by atoms with Crippen molar-refractivity contribution in [2.24, 2.45) is 0 Å². The Hall–Kier alpha value is -0.570. The fourth-order valence-electron chi connectivity index (χ4n) is 0.526. The smallest absolute Gasteiger partial charge is 0.303 e. The van der Waals surface area contributed by atoms with Gasteiger partial charge in [-0.05, 0) is 6.42 Å². The summed E-state index contributed by atoms with van der Waals surface area (Å²) in [4.78, 5) is 9.87. The first-order valence-corrected chi connectivity index (χ1v) is 3.80. The van der Waals surface area contributed by atoms with Crippen molar-refractivity contribution in [1.29, 1.82) is 0 Å². The molecule has 0 aliphatic carbocycles. The Bertz CT molecular complexity index is 81.4. The highest BCUT2D eigenvalue weighted by Gasteiger charge is 1.92. The van der Waals surface area contributed by atoms with Gasteiger partial charge in [0.1, 0.15) is 0 Å². The highest BCUT2D eigenvalue weighted by Crippen LogP contribution is 1.97. The Balaban J connectivity index is 0. The minimum Gasteiger partial charge on any atom is -0.481 e. The van der Waals surface area contributed by atoms with E-state index in [1.165, 1.54) is 0 Å². The fourth-order valence-corrected chi connectivity index (χ4v) is 0.526. The number of aliphatic carboxylic acids is 1. The van der Waals surface area contributed by atoms with Crippen LogP contribution in [-0.2, 0) is 9.53 Å². The molecular formula is C8H18O3. The molecule has 0 aliphatic heterocycles. The van der Waals surface area contributed by atoms with E-state index < -0.39 is 5.97 Å². The maximum Gasteiger partial charge on any atom is 0.303 e. The normalized spacial score (nSPS) is 8.27. The van der Waals surface area contributed by atoms with E-state index in [9.17, 15) is 4.79 Å². The molecule has 0 atom stereocenters. The molecule has 0 bridgehead atoms. The lowest BCUT2D eigenvalue weighted by atomic mass is 10.2. The molecule has 11 heavy (non-hydrogen) atoms. The van der Waals surface area contributed by atoms with Gasteiger partial charge in [-0.3, -0.25) is 4.79 Å². The van der Waals surface area contributed by atoms with Crippen LogP contribution in [-0.4, -0.2) is 25.3 Å². The second-order valence-electron chi connectivity index (χ2n) is 2.26. The SMILES string of the molecule is CCCCCC(=O)O.COC. The number of rotatable bonds is 4. The van der Waals surface area contributed by atoms with E-state index in [1.807, 2.05) is 0 Å². The van der Waals surface area contributed by atoms with Gasteiger partial charge in [0.15, 0.2) is 0 Å². The number of hydrogen-bond acceptors (Lipinski definition) is 2. The average molecular weight is 162 g/mol. The quantitative estimate of drug-likeness (QED) is 0.642. The van der Waals surface area contributed by atoms with E-state index in [-0.39, 0.29) is 0 Å². The van der Waals surface area contributed by atoms with Crippen molar-refractivity contribution in [1.82, 2.24) is 0 Å². The summed E-state index contributed by atoms with van der Waals surface area (Å²) in [5, 5.41) is 8.14. The first kappa shape index (κ1) is 13.1. The summed E-state index contributed by atoms with van der Waals surface area (Å²) in [5.74, 6) is -0.682. The van der Waals surface area contributed by atoms with Crippen molar-refractivity contribution in [2.75, 3.05) is 14.2 Å². The van der Waals surface area contributed by atoms with Gasteiger partial charge in [0.2, 0.25) is 0 Å². The Labute approximate surface area is 68.4 Å². The van der Waals surface area contributed by atoms with Gasteiger partial charge in [-0.2, -0.15) is 0 Å². The maximum absolute atomic E-state index is 9.87. The Morgan fingerprint density at radius 3 is 2.09 bits per heavy atom. The molecule has 0 aromatic rings. The van der Waals surface area contributed by atoms with Crippen molar-refractivity contribution in [3.8, 4) is 0 Å². The molecule has 3 nitrogen and oxygen atoms in total. The van der Waals surface area contributed by atoms with Gasteiger partial charge in [-0.1, -0.05) is 19.8 Å². The number of carboxylic acids is 1. The summed E-state index contributed by atoms with van der Waals surface area (Å²) in [6, 6.07) is 0. The van der Waals surface area contributed by atoms with Crippen LogP contribution in [0.15, 0.2) is 0 Å². The number of hydrogen-bond donors (Lipinski definition) is 1. The van der Waals surface area contributed by atoms with Crippen molar-refractivity contribution < 1.29 is 14.6 Å². The molecular weight excluding hydrogens is 144 g/mol. The highest BCUT2D eigenvalue weighted by atomic mass is 16.4. The minimum absolute atomic E-state index is 0.327. The number of carboxylic acid groups (broad SMARTS) is 1. The number of carbonyl (C=O) groups is 1. The van der Waals surface area contributed by atoms with Gasteiger partial charge in [0.25, 0.3) is 0 Å². The van der Waals surface area contributed by atoms with Gasteiger partial charge >= 0.3 is 5.97 Å². The third-order valence-electron chi connectivity index (χ3n) is 0.994. The molecule has 0 amide bonds. The molecule has 0 aliphatic rings. The predicted octanol–water partition coefficient (Wildman–Crippen LogP) is 1.91. The van der Waals surface area contributed by atoms with Crippen LogP contribution in [0.3, 0.4) is 0 Å². The van der Waals surface area contributed by atoms with Crippen molar-refractivity contribution in [3.05, 3.63) is 0 Å².